The SMILES string of the molecule is Cc1occc1C(=O)Nc1cc(Cl)ccc1C#CCO. The number of rotatable bonds is 2. The molecular formula is C15H12ClNO3. The zero-order valence-electron chi connectivity index (χ0n) is 10.7. The zero-order valence-corrected chi connectivity index (χ0v) is 11.5. The minimum Gasteiger partial charge on any atom is -0.469 e. The lowest BCUT2D eigenvalue weighted by molar-refractivity contribution is 0.102. The number of anilines is 1. The third kappa shape index (κ3) is 3.21. The van der Waals surface area contributed by atoms with Gasteiger partial charge in [-0.05, 0) is 31.2 Å². The van der Waals surface area contributed by atoms with Gasteiger partial charge in [-0.3, -0.25) is 4.79 Å². The molecule has 0 bridgehead atoms. The van der Waals surface area contributed by atoms with E-state index in [0.717, 1.165) is 0 Å². The number of hydrogen-bond acceptors (Lipinski definition) is 3. The Kier molecular flexibility index (Phi) is 4.46. The van der Waals surface area contributed by atoms with Crippen molar-refractivity contribution in [3.8, 4) is 11.8 Å². The van der Waals surface area contributed by atoms with E-state index in [9.17, 15) is 4.79 Å². The fourth-order valence-electron chi connectivity index (χ4n) is 1.67. The Morgan fingerprint density at radius 3 is 2.90 bits per heavy atom. The van der Waals surface area contributed by atoms with E-state index in [1.807, 2.05) is 0 Å². The summed E-state index contributed by atoms with van der Waals surface area (Å²) in [7, 11) is 0. The van der Waals surface area contributed by atoms with Crippen LogP contribution in [0.4, 0.5) is 5.69 Å². The summed E-state index contributed by atoms with van der Waals surface area (Å²) in [6.07, 6.45) is 1.45. The molecule has 102 valence electrons. The van der Waals surface area contributed by atoms with Gasteiger partial charge < -0.3 is 14.8 Å². The molecule has 0 saturated carbocycles. The molecule has 20 heavy (non-hydrogen) atoms. The molecule has 2 N–H and O–H groups in total. The van der Waals surface area contributed by atoms with Crippen molar-refractivity contribution >= 4 is 23.2 Å². The molecule has 0 atom stereocenters. The van der Waals surface area contributed by atoms with E-state index in [1.54, 1.807) is 31.2 Å². The number of benzene rings is 1. The highest BCUT2D eigenvalue weighted by Crippen LogP contribution is 2.21. The van der Waals surface area contributed by atoms with Gasteiger partial charge in [0, 0.05) is 10.6 Å². The van der Waals surface area contributed by atoms with Crippen molar-refractivity contribution < 1.29 is 14.3 Å². The molecule has 0 saturated heterocycles. The van der Waals surface area contributed by atoms with Crippen LogP contribution in [-0.2, 0) is 0 Å². The van der Waals surface area contributed by atoms with Crippen molar-refractivity contribution in [3.05, 3.63) is 52.4 Å². The summed E-state index contributed by atoms with van der Waals surface area (Å²) in [6.45, 7) is 1.45. The predicted octanol–water partition coefficient (Wildman–Crippen LogP) is 2.84. The summed E-state index contributed by atoms with van der Waals surface area (Å²) in [4.78, 5) is 12.1. The topological polar surface area (TPSA) is 62.5 Å². The first kappa shape index (κ1) is 14.2. The zero-order chi connectivity index (χ0) is 14.5. The summed E-state index contributed by atoms with van der Waals surface area (Å²) in [5, 5.41) is 12.0. The van der Waals surface area contributed by atoms with Crippen molar-refractivity contribution in [2.24, 2.45) is 0 Å². The molecule has 0 radical (unpaired) electrons. The van der Waals surface area contributed by atoms with Gasteiger partial charge >= 0.3 is 0 Å². The number of hydrogen-bond donors (Lipinski definition) is 2. The number of halogens is 1. The van der Waals surface area contributed by atoms with Crippen LogP contribution in [0.5, 0.6) is 0 Å². The molecule has 2 rings (SSSR count). The lowest BCUT2D eigenvalue weighted by atomic mass is 10.1. The average Bonchev–Trinajstić information content (AvgIpc) is 2.84. The molecule has 0 unspecified atom stereocenters. The predicted molar refractivity (Wildman–Crippen MR) is 76.8 cm³/mol. The second kappa shape index (κ2) is 6.29. The van der Waals surface area contributed by atoms with Gasteiger partial charge in [0.1, 0.15) is 12.4 Å². The molecule has 0 spiro atoms. The number of furan rings is 1. The van der Waals surface area contributed by atoms with Gasteiger partial charge in [-0.2, -0.15) is 0 Å². The Morgan fingerprint density at radius 2 is 2.25 bits per heavy atom. The standard InChI is InChI=1S/C15H12ClNO3/c1-10-13(6-8-20-10)15(19)17-14-9-12(16)5-4-11(14)3-2-7-18/h4-6,8-9,18H,7H2,1H3,(H,17,19). The first-order valence-corrected chi connectivity index (χ1v) is 6.24. The molecule has 0 fully saturated rings. The van der Waals surface area contributed by atoms with Gasteiger partial charge in [-0.25, -0.2) is 0 Å². The van der Waals surface area contributed by atoms with Gasteiger partial charge in [0.05, 0.1) is 17.5 Å². The second-order valence-electron chi connectivity index (χ2n) is 3.99. The number of amides is 1. The van der Waals surface area contributed by atoms with Crippen molar-refractivity contribution in [1.82, 2.24) is 0 Å². The number of carbonyl (C=O) groups excluding carboxylic acids is 1. The molecule has 0 aliphatic rings. The van der Waals surface area contributed by atoms with Gasteiger partial charge in [0.15, 0.2) is 0 Å². The van der Waals surface area contributed by atoms with E-state index >= 15 is 0 Å². The van der Waals surface area contributed by atoms with Crippen LogP contribution in [0, 0.1) is 18.8 Å². The van der Waals surface area contributed by atoms with Gasteiger partial charge in [0.2, 0.25) is 0 Å². The maximum atomic E-state index is 12.1. The van der Waals surface area contributed by atoms with Crippen LogP contribution in [0.25, 0.3) is 0 Å². The molecule has 1 aromatic heterocycles. The second-order valence-corrected chi connectivity index (χ2v) is 4.43. The maximum absolute atomic E-state index is 12.1. The Labute approximate surface area is 121 Å². The Bertz CT molecular complexity index is 695. The monoisotopic (exact) mass is 289 g/mol. The van der Waals surface area contributed by atoms with Gasteiger partial charge in [-0.15, -0.1) is 0 Å². The molecule has 0 aliphatic heterocycles. The number of aryl methyl sites for hydroxylation is 1. The summed E-state index contributed by atoms with van der Waals surface area (Å²) in [5.74, 6) is 5.53. The molecule has 1 aromatic carbocycles. The van der Waals surface area contributed by atoms with Crippen LogP contribution in [0.3, 0.4) is 0 Å². The molecule has 5 heteroatoms. The molecule has 4 nitrogen and oxygen atoms in total. The van der Waals surface area contributed by atoms with Crippen LogP contribution in [0.1, 0.15) is 21.7 Å². The van der Waals surface area contributed by atoms with Gasteiger partial charge in [-0.1, -0.05) is 23.4 Å². The van der Waals surface area contributed by atoms with Crippen LogP contribution >= 0.6 is 11.6 Å². The minimum atomic E-state index is -0.300. The molecule has 1 heterocycles. The summed E-state index contributed by atoms with van der Waals surface area (Å²) < 4.78 is 5.09. The van der Waals surface area contributed by atoms with Crippen LogP contribution in [0.15, 0.2) is 34.9 Å². The van der Waals surface area contributed by atoms with Crippen molar-refractivity contribution in [2.75, 3.05) is 11.9 Å². The van der Waals surface area contributed by atoms with Crippen LogP contribution < -0.4 is 5.32 Å². The minimum absolute atomic E-state index is 0.253. The lowest BCUT2D eigenvalue weighted by Crippen LogP contribution is -2.13. The molecular weight excluding hydrogens is 278 g/mol. The summed E-state index contributed by atoms with van der Waals surface area (Å²) in [6, 6.07) is 6.55. The molecule has 0 aliphatic carbocycles. The quantitative estimate of drug-likeness (QED) is 0.836. The average molecular weight is 290 g/mol. The Balaban J connectivity index is 2.31. The third-order valence-electron chi connectivity index (χ3n) is 2.64. The molecule has 1 amide bonds. The third-order valence-corrected chi connectivity index (χ3v) is 2.87. The maximum Gasteiger partial charge on any atom is 0.259 e. The van der Waals surface area contributed by atoms with E-state index in [2.05, 4.69) is 17.2 Å². The van der Waals surface area contributed by atoms with E-state index < -0.39 is 0 Å². The van der Waals surface area contributed by atoms with Crippen molar-refractivity contribution in [2.45, 2.75) is 6.92 Å². The number of aliphatic hydroxyl groups is 1. The van der Waals surface area contributed by atoms with E-state index in [-0.39, 0.29) is 12.5 Å². The first-order chi connectivity index (χ1) is 9.61. The fourth-order valence-corrected chi connectivity index (χ4v) is 1.85. The van der Waals surface area contributed by atoms with E-state index in [1.165, 1.54) is 6.26 Å². The highest BCUT2D eigenvalue weighted by atomic mass is 35.5. The molecule has 2 aromatic rings. The Morgan fingerprint density at radius 1 is 1.45 bits per heavy atom. The summed E-state index contributed by atoms with van der Waals surface area (Å²) >= 11 is 5.92. The number of aliphatic hydroxyl groups excluding tert-OH is 1. The number of nitrogens with one attached hydrogen (secondary N) is 1. The highest BCUT2D eigenvalue weighted by molar-refractivity contribution is 6.31. The van der Waals surface area contributed by atoms with E-state index in [4.69, 9.17) is 21.1 Å². The van der Waals surface area contributed by atoms with E-state index in [0.29, 0.717) is 27.6 Å². The largest absolute Gasteiger partial charge is 0.469 e. The smallest absolute Gasteiger partial charge is 0.259 e. The van der Waals surface area contributed by atoms with Crippen molar-refractivity contribution in [1.29, 1.82) is 0 Å². The lowest BCUT2D eigenvalue weighted by Gasteiger charge is -2.07. The van der Waals surface area contributed by atoms with Gasteiger partial charge in [0.25, 0.3) is 5.91 Å². The first-order valence-electron chi connectivity index (χ1n) is 5.86. The van der Waals surface area contributed by atoms with Crippen molar-refractivity contribution in [3.63, 3.8) is 0 Å². The van der Waals surface area contributed by atoms with Crippen LogP contribution in [0.2, 0.25) is 5.02 Å². The number of carbonyl (C=O) groups is 1. The summed E-state index contributed by atoms with van der Waals surface area (Å²) in [5.41, 5.74) is 1.52. The fraction of sp³-hybridized carbons (Fsp3) is 0.133. The highest BCUT2D eigenvalue weighted by Gasteiger charge is 2.13. The normalized spacial score (nSPS) is 9.75. The Hall–Kier alpha value is -2.22. The van der Waals surface area contributed by atoms with Crippen LogP contribution in [-0.4, -0.2) is 17.6 Å².